The van der Waals surface area contributed by atoms with E-state index in [4.69, 9.17) is 5.26 Å². The Labute approximate surface area is 82.0 Å². The molecule has 0 bridgehead atoms. The summed E-state index contributed by atoms with van der Waals surface area (Å²) in [5.74, 6) is 0.00855. The van der Waals surface area contributed by atoms with E-state index in [9.17, 15) is 4.39 Å². The van der Waals surface area contributed by atoms with Crippen LogP contribution in [-0.2, 0) is 0 Å². The molecule has 1 rings (SSSR count). The number of halogens is 1. The van der Waals surface area contributed by atoms with Gasteiger partial charge >= 0.3 is 0 Å². The van der Waals surface area contributed by atoms with Gasteiger partial charge in [-0.3, -0.25) is 0 Å². The van der Waals surface area contributed by atoms with Gasteiger partial charge in [0, 0.05) is 13.1 Å². The predicted molar refractivity (Wildman–Crippen MR) is 50.1 cm³/mol. The second kappa shape index (κ2) is 5.12. The molecule has 0 N–H and O–H groups in total. The lowest BCUT2D eigenvalue weighted by atomic mass is 10.4. The van der Waals surface area contributed by atoms with Crippen LogP contribution in [0, 0.1) is 17.1 Å². The Morgan fingerprint density at radius 3 is 2.64 bits per heavy atom. The molecule has 0 amide bonds. The van der Waals surface area contributed by atoms with Crippen LogP contribution in [0.25, 0.3) is 0 Å². The largest absolute Gasteiger partial charge is 0.340 e. The summed E-state index contributed by atoms with van der Waals surface area (Å²) in [7, 11) is 0. The van der Waals surface area contributed by atoms with Gasteiger partial charge in [-0.25, -0.2) is 14.4 Å². The summed E-state index contributed by atoms with van der Waals surface area (Å²) in [6.07, 6.45) is 2.66. The van der Waals surface area contributed by atoms with Gasteiger partial charge < -0.3 is 4.90 Å². The molecular formula is C9H11FN4. The van der Waals surface area contributed by atoms with Gasteiger partial charge in [-0.1, -0.05) is 0 Å². The Kier molecular flexibility index (Phi) is 3.80. The van der Waals surface area contributed by atoms with Crippen molar-refractivity contribution in [3.63, 3.8) is 0 Å². The van der Waals surface area contributed by atoms with Crippen LogP contribution in [0.3, 0.4) is 0 Å². The van der Waals surface area contributed by atoms with E-state index in [2.05, 4.69) is 9.97 Å². The summed E-state index contributed by atoms with van der Waals surface area (Å²) in [6, 6.07) is 2.04. The fraction of sp³-hybridized carbons (Fsp3) is 0.444. The molecule has 0 unspecified atom stereocenters. The number of aromatic nitrogens is 2. The van der Waals surface area contributed by atoms with Gasteiger partial charge in [0.1, 0.15) is 0 Å². The first kappa shape index (κ1) is 10.4. The minimum atomic E-state index is -0.454. The number of hydrogen-bond donors (Lipinski definition) is 0. The molecule has 5 heteroatoms. The highest BCUT2D eigenvalue weighted by Gasteiger charge is 2.06. The van der Waals surface area contributed by atoms with Crippen molar-refractivity contribution in [3.05, 3.63) is 18.2 Å². The highest BCUT2D eigenvalue weighted by atomic mass is 19.1. The van der Waals surface area contributed by atoms with Crippen LogP contribution in [0.2, 0.25) is 0 Å². The first-order chi connectivity index (χ1) is 6.77. The summed E-state index contributed by atoms with van der Waals surface area (Å²) < 4.78 is 12.5. The minimum absolute atomic E-state index is 0.411. The Morgan fingerprint density at radius 2 is 2.14 bits per heavy atom. The average molecular weight is 194 g/mol. The van der Waals surface area contributed by atoms with E-state index in [1.807, 2.05) is 17.9 Å². The van der Waals surface area contributed by atoms with Crippen molar-refractivity contribution in [1.82, 2.24) is 9.97 Å². The molecule has 0 aliphatic carbocycles. The monoisotopic (exact) mass is 194 g/mol. The molecule has 0 saturated carbocycles. The lowest BCUT2D eigenvalue weighted by molar-refractivity contribution is 0.611. The fourth-order valence-electron chi connectivity index (χ4n) is 1.05. The van der Waals surface area contributed by atoms with Gasteiger partial charge in [0.2, 0.25) is 5.95 Å². The van der Waals surface area contributed by atoms with Gasteiger partial charge in [-0.2, -0.15) is 5.26 Å². The molecule has 1 aromatic rings. The van der Waals surface area contributed by atoms with Gasteiger partial charge in [0.25, 0.3) is 0 Å². The third-order valence-corrected chi connectivity index (χ3v) is 1.76. The maximum Gasteiger partial charge on any atom is 0.225 e. The van der Waals surface area contributed by atoms with E-state index in [0.717, 1.165) is 12.4 Å². The number of hydrogen-bond acceptors (Lipinski definition) is 4. The second-order valence-electron chi connectivity index (χ2n) is 2.69. The molecule has 0 radical (unpaired) electrons. The highest BCUT2D eigenvalue weighted by molar-refractivity contribution is 5.28. The van der Waals surface area contributed by atoms with E-state index in [-0.39, 0.29) is 0 Å². The normalized spacial score (nSPS) is 9.50. The van der Waals surface area contributed by atoms with Crippen LogP contribution in [0.4, 0.5) is 10.3 Å². The Morgan fingerprint density at radius 1 is 1.50 bits per heavy atom. The molecule has 0 aliphatic heterocycles. The molecule has 1 aromatic heterocycles. The zero-order valence-electron chi connectivity index (χ0n) is 7.94. The van der Waals surface area contributed by atoms with E-state index >= 15 is 0 Å². The predicted octanol–water partition coefficient (Wildman–Crippen LogP) is 1.36. The molecule has 14 heavy (non-hydrogen) atoms. The molecule has 0 fully saturated rings. The lowest BCUT2D eigenvalue weighted by Gasteiger charge is -2.18. The van der Waals surface area contributed by atoms with Crippen molar-refractivity contribution in [2.45, 2.75) is 13.3 Å². The smallest absolute Gasteiger partial charge is 0.225 e. The molecule has 0 atom stereocenters. The highest BCUT2D eigenvalue weighted by Crippen LogP contribution is 2.06. The van der Waals surface area contributed by atoms with E-state index in [0.29, 0.717) is 25.5 Å². The van der Waals surface area contributed by atoms with Gasteiger partial charge in [0.05, 0.1) is 24.9 Å². The number of rotatable bonds is 4. The number of anilines is 1. The molecule has 0 aromatic carbocycles. The average Bonchev–Trinajstić information content (AvgIpc) is 2.21. The summed E-state index contributed by atoms with van der Waals surface area (Å²) in [5.41, 5.74) is 0. The third kappa shape index (κ3) is 2.66. The second-order valence-corrected chi connectivity index (χ2v) is 2.69. The molecular weight excluding hydrogens is 183 g/mol. The Hall–Kier alpha value is -1.70. The standard InChI is InChI=1S/C9H11FN4/c1-2-14(5-3-4-11)9-12-6-8(10)7-13-9/h6-7H,2-3,5H2,1H3. The zero-order chi connectivity index (χ0) is 10.4. The molecule has 4 nitrogen and oxygen atoms in total. The molecule has 74 valence electrons. The molecule has 0 aliphatic rings. The van der Waals surface area contributed by atoms with E-state index < -0.39 is 5.82 Å². The molecule has 0 saturated heterocycles. The van der Waals surface area contributed by atoms with Crippen molar-refractivity contribution < 1.29 is 4.39 Å². The van der Waals surface area contributed by atoms with Crippen LogP contribution in [-0.4, -0.2) is 23.1 Å². The van der Waals surface area contributed by atoms with Crippen molar-refractivity contribution in [2.24, 2.45) is 0 Å². The molecule has 0 spiro atoms. The zero-order valence-corrected chi connectivity index (χ0v) is 7.94. The minimum Gasteiger partial charge on any atom is -0.340 e. The van der Waals surface area contributed by atoms with Crippen LogP contribution >= 0.6 is 0 Å². The SMILES string of the molecule is CCN(CCC#N)c1ncc(F)cn1. The van der Waals surface area contributed by atoms with Crippen molar-refractivity contribution >= 4 is 5.95 Å². The maximum atomic E-state index is 12.5. The fourth-order valence-corrected chi connectivity index (χ4v) is 1.05. The topological polar surface area (TPSA) is 52.8 Å². The van der Waals surface area contributed by atoms with Crippen molar-refractivity contribution in [3.8, 4) is 6.07 Å². The lowest BCUT2D eigenvalue weighted by Crippen LogP contribution is -2.25. The summed E-state index contributed by atoms with van der Waals surface area (Å²) >= 11 is 0. The van der Waals surface area contributed by atoms with Crippen LogP contribution in [0.15, 0.2) is 12.4 Å². The summed E-state index contributed by atoms with van der Waals surface area (Å²) in [4.78, 5) is 9.49. The van der Waals surface area contributed by atoms with Gasteiger partial charge in [-0.15, -0.1) is 0 Å². The first-order valence-corrected chi connectivity index (χ1v) is 4.37. The number of nitrogens with zero attached hydrogens (tertiary/aromatic N) is 4. The van der Waals surface area contributed by atoms with E-state index in [1.54, 1.807) is 0 Å². The Balaban J connectivity index is 2.69. The third-order valence-electron chi connectivity index (χ3n) is 1.76. The number of nitriles is 1. The van der Waals surface area contributed by atoms with E-state index in [1.165, 1.54) is 0 Å². The summed E-state index contributed by atoms with van der Waals surface area (Å²) in [5, 5.41) is 8.42. The molecule has 1 heterocycles. The first-order valence-electron chi connectivity index (χ1n) is 4.37. The quantitative estimate of drug-likeness (QED) is 0.726. The van der Waals surface area contributed by atoms with Crippen LogP contribution < -0.4 is 4.90 Å². The maximum absolute atomic E-state index is 12.5. The van der Waals surface area contributed by atoms with Crippen LogP contribution in [0.1, 0.15) is 13.3 Å². The van der Waals surface area contributed by atoms with Crippen molar-refractivity contribution in [2.75, 3.05) is 18.0 Å². The van der Waals surface area contributed by atoms with Gasteiger partial charge in [0.15, 0.2) is 5.82 Å². The Bertz CT molecular complexity index is 317. The van der Waals surface area contributed by atoms with Gasteiger partial charge in [-0.05, 0) is 6.92 Å². The van der Waals surface area contributed by atoms with Crippen LogP contribution in [0.5, 0.6) is 0 Å². The van der Waals surface area contributed by atoms with Crippen molar-refractivity contribution in [1.29, 1.82) is 5.26 Å². The summed E-state index contributed by atoms with van der Waals surface area (Å²) in [6.45, 7) is 3.20.